The third-order valence-electron chi connectivity index (χ3n) is 4.25. The van der Waals surface area contributed by atoms with Gasteiger partial charge in [0.1, 0.15) is 18.1 Å². The molecule has 0 amide bonds. The van der Waals surface area contributed by atoms with Crippen LogP contribution < -0.4 is 9.16 Å². The molecule has 0 atom stereocenters. The highest BCUT2D eigenvalue weighted by molar-refractivity contribution is 6.74. The van der Waals surface area contributed by atoms with Gasteiger partial charge in [0.05, 0.1) is 0 Å². The lowest BCUT2D eigenvalue weighted by atomic mass is 10.2. The lowest BCUT2D eigenvalue weighted by Crippen LogP contribution is -2.43. The number of rotatable bonds is 5. The van der Waals surface area contributed by atoms with Crippen molar-refractivity contribution < 1.29 is 9.16 Å². The minimum Gasteiger partial charge on any atom is -0.543 e. The highest BCUT2D eigenvalue weighted by Gasteiger charge is 2.38. The molecule has 0 heterocycles. The van der Waals surface area contributed by atoms with Crippen molar-refractivity contribution in [3.05, 3.63) is 60.2 Å². The molecule has 3 heteroatoms. The predicted molar refractivity (Wildman–Crippen MR) is 95.0 cm³/mol. The first-order chi connectivity index (χ1) is 10.3. The van der Waals surface area contributed by atoms with Crippen molar-refractivity contribution in [1.29, 1.82) is 0 Å². The summed E-state index contributed by atoms with van der Waals surface area (Å²) in [4.78, 5) is 0. The van der Waals surface area contributed by atoms with Crippen LogP contribution in [0.15, 0.2) is 54.6 Å². The van der Waals surface area contributed by atoms with E-state index in [1.54, 1.807) is 0 Å². The molecule has 0 aliphatic rings. The third kappa shape index (κ3) is 4.37. The molecule has 118 valence electrons. The summed E-state index contributed by atoms with van der Waals surface area (Å²) in [6.45, 7) is 11.8. The number of hydrogen-bond acceptors (Lipinski definition) is 2. The van der Waals surface area contributed by atoms with Crippen LogP contribution in [-0.4, -0.2) is 8.32 Å². The summed E-state index contributed by atoms with van der Waals surface area (Å²) in [5.41, 5.74) is 1.17. The van der Waals surface area contributed by atoms with Crippen molar-refractivity contribution in [2.45, 2.75) is 45.5 Å². The average Bonchev–Trinajstić information content (AvgIpc) is 2.46. The summed E-state index contributed by atoms with van der Waals surface area (Å²) in [6, 6.07) is 18.1. The Kier molecular flexibility index (Phi) is 4.96. The van der Waals surface area contributed by atoms with Crippen molar-refractivity contribution in [2.75, 3.05) is 0 Å². The zero-order chi connectivity index (χ0) is 16.2. The number of ether oxygens (including phenoxy) is 1. The maximum Gasteiger partial charge on any atom is 0.250 e. The molecule has 0 N–H and O–H groups in total. The van der Waals surface area contributed by atoms with Gasteiger partial charge < -0.3 is 9.16 Å². The van der Waals surface area contributed by atoms with Gasteiger partial charge in [-0.1, -0.05) is 51.1 Å². The SMILES string of the molecule is CC(C)(C)[Si](C)(C)Oc1ccc(OCc2ccccc2)cc1. The summed E-state index contributed by atoms with van der Waals surface area (Å²) in [6.07, 6.45) is 0. The summed E-state index contributed by atoms with van der Waals surface area (Å²) < 4.78 is 12.1. The first-order valence-electron chi connectivity index (χ1n) is 7.74. The maximum absolute atomic E-state index is 6.27. The summed E-state index contributed by atoms with van der Waals surface area (Å²) in [5, 5.41) is 0.204. The third-order valence-corrected chi connectivity index (χ3v) is 8.61. The fraction of sp³-hybridized carbons (Fsp3) is 0.368. The van der Waals surface area contributed by atoms with E-state index in [2.05, 4.69) is 46.0 Å². The van der Waals surface area contributed by atoms with Crippen molar-refractivity contribution in [3.8, 4) is 11.5 Å². The van der Waals surface area contributed by atoms with E-state index in [1.807, 2.05) is 42.5 Å². The topological polar surface area (TPSA) is 18.5 Å². The van der Waals surface area contributed by atoms with E-state index in [0.29, 0.717) is 6.61 Å². The van der Waals surface area contributed by atoms with Gasteiger partial charge in [-0.15, -0.1) is 0 Å². The second-order valence-electron chi connectivity index (χ2n) is 7.11. The standard InChI is InChI=1S/C19H26O2Si/c1-19(2,3)22(4,5)21-18-13-11-17(12-14-18)20-15-16-9-7-6-8-10-16/h6-14H,15H2,1-5H3. The molecule has 0 spiro atoms. The molecule has 2 aromatic rings. The highest BCUT2D eigenvalue weighted by atomic mass is 28.4. The van der Waals surface area contributed by atoms with Crippen LogP contribution in [0.1, 0.15) is 26.3 Å². The Morgan fingerprint density at radius 2 is 1.36 bits per heavy atom. The molecule has 0 fully saturated rings. The zero-order valence-corrected chi connectivity index (χ0v) is 15.2. The van der Waals surface area contributed by atoms with Gasteiger partial charge in [-0.2, -0.15) is 0 Å². The second-order valence-corrected chi connectivity index (χ2v) is 11.8. The molecular weight excluding hydrogens is 288 g/mol. The van der Waals surface area contributed by atoms with Crippen LogP contribution in [0.2, 0.25) is 18.1 Å². The van der Waals surface area contributed by atoms with Gasteiger partial charge in [0.15, 0.2) is 0 Å². The molecule has 0 saturated heterocycles. The van der Waals surface area contributed by atoms with Crippen molar-refractivity contribution in [3.63, 3.8) is 0 Å². The van der Waals surface area contributed by atoms with E-state index >= 15 is 0 Å². The molecule has 0 bridgehead atoms. The van der Waals surface area contributed by atoms with Crippen LogP contribution in [0.25, 0.3) is 0 Å². The monoisotopic (exact) mass is 314 g/mol. The number of hydrogen-bond donors (Lipinski definition) is 0. The van der Waals surface area contributed by atoms with Crippen LogP contribution in [-0.2, 0) is 6.61 Å². The van der Waals surface area contributed by atoms with Crippen LogP contribution in [0, 0.1) is 0 Å². The Bertz CT molecular complexity index is 583. The van der Waals surface area contributed by atoms with Crippen LogP contribution in [0.4, 0.5) is 0 Å². The molecule has 0 aliphatic heterocycles. The first kappa shape index (κ1) is 16.6. The lowest BCUT2D eigenvalue weighted by Gasteiger charge is -2.36. The summed E-state index contributed by atoms with van der Waals surface area (Å²) in [7, 11) is -1.78. The van der Waals surface area contributed by atoms with Gasteiger partial charge in [-0.25, -0.2) is 0 Å². The number of benzene rings is 2. The van der Waals surface area contributed by atoms with Crippen LogP contribution >= 0.6 is 0 Å². The van der Waals surface area contributed by atoms with E-state index in [4.69, 9.17) is 9.16 Å². The van der Waals surface area contributed by atoms with Gasteiger partial charge in [0, 0.05) is 0 Å². The Hall–Kier alpha value is -1.74. The van der Waals surface area contributed by atoms with Crippen molar-refractivity contribution in [1.82, 2.24) is 0 Å². The van der Waals surface area contributed by atoms with Gasteiger partial charge in [0.2, 0.25) is 8.32 Å². The Balaban J connectivity index is 1.96. The molecule has 0 unspecified atom stereocenters. The first-order valence-corrected chi connectivity index (χ1v) is 10.6. The van der Waals surface area contributed by atoms with Crippen LogP contribution in [0.5, 0.6) is 11.5 Å². The highest BCUT2D eigenvalue weighted by Crippen LogP contribution is 2.37. The molecule has 2 nitrogen and oxygen atoms in total. The van der Waals surface area contributed by atoms with Gasteiger partial charge in [-0.3, -0.25) is 0 Å². The van der Waals surface area contributed by atoms with Gasteiger partial charge in [-0.05, 0) is 48.0 Å². The minimum atomic E-state index is -1.78. The largest absolute Gasteiger partial charge is 0.543 e. The van der Waals surface area contributed by atoms with Gasteiger partial charge in [0.25, 0.3) is 0 Å². The average molecular weight is 315 g/mol. The Labute approximate surface area is 135 Å². The van der Waals surface area contributed by atoms with Crippen molar-refractivity contribution in [2.24, 2.45) is 0 Å². The quantitative estimate of drug-likeness (QED) is 0.664. The molecule has 22 heavy (non-hydrogen) atoms. The van der Waals surface area contributed by atoms with E-state index in [1.165, 1.54) is 5.56 Å². The Morgan fingerprint density at radius 3 is 1.91 bits per heavy atom. The predicted octanol–water partition coefficient (Wildman–Crippen LogP) is 5.65. The van der Waals surface area contributed by atoms with Crippen LogP contribution in [0.3, 0.4) is 0 Å². The fourth-order valence-electron chi connectivity index (χ4n) is 1.79. The zero-order valence-electron chi connectivity index (χ0n) is 14.2. The second kappa shape index (κ2) is 6.57. The van der Waals surface area contributed by atoms with E-state index in [-0.39, 0.29) is 5.04 Å². The Morgan fingerprint density at radius 1 is 0.818 bits per heavy atom. The fourth-order valence-corrected chi connectivity index (χ4v) is 2.82. The van der Waals surface area contributed by atoms with Gasteiger partial charge >= 0.3 is 0 Å². The van der Waals surface area contributed by atoms with E-state index in [9.17, 15) is 0 Å². The molecule has 0 saturated carbocycles. The molecule has 2 rings (SSSR count). The lowest BCUT2D eigenvalue weighted by molar-refractivity contribution is 0.306. The smallest absolute Gasteiger partial charge is 0.250 e. The van der Waals surface area contributed by atoms with Crippen molar-refractivity contribution >= 4 is 8.32 Å². The molecular formula is C19H26O2Si. The van der Waals surface area contributed by atoms with E-state index in [0.717, 1.165) is 11.5 Å². The summed E-state index contributed by atoms with van der Waals surface area (Å²) in [5.74, 6) is 1.80. The normalized spacial score (nSPS) is 12.0. The summed E-state index contributed by atoms with van der Waals surface area (Å²) >= 11 is 0. The minimum absolute atomic E-state index is 0.204. The molecule has 2 aromatic carbocycles. The molecule has 0 radical (unpaired) electrons. The maximum atomic E-state index is 6.27. The molecule has 0 aliphatic carbocycles. The molecule has 0 aromatic heterocycles. The van der Waals surface area contributed by atoms with E-state index < -0.39 is 8.32 Å².